The standard InChI is InChI=1S/C14H19ClF2N2O2/c1-3-5-8-19(4-2)14(20)18-10-6-7-12(11(15)9-10)21-13(16)17/h6-7,9,13H,3-5,8H2,1-2H3,(H,18,20). The Balaban J connectivity index is 2.69. The van der Waals surface area contributed by atoms with E-state index in [-0.39, 0.29) is 16.8 Å². The second-order valence-electron chi connectivity index (χ2n) is 4.39. The Bertz CT molecular complexity index is 472. The van der Waals surface area contributed by atoms with Crippen molar-refractivity contribution in [2.24, 2.45) is 0 Å². The Hall–Kier alpha value is -1.56. The fraction of sp³-hybridized carbons (Fsp3) is 0.500. The number of hydrogen-bond acceptors (Lipinski definition) is 2. The highest BCUT2D eigenvalue weighted by atomic mass is 35.5. The third kappa shape index (κ3) is 5.75. The zero-order valence-corrected chi connectivity index (χ0v) is 12.8. The second-order valence-corrected chi connectivity index (χ2v) is 4.79. The van der Waals surface area contributed by atoms with Gasteiger partial charge >= 0.3 is 12.6 Å². The first kappa shape index (κ1) is 17.5. The Morgan fingerprint density at radius 3 is 2.67 bits per heavy atom. The zero-order valence-electron chi connectivity index (χ0n) is 12.0. The molecule has 0 aliphatic rings. The number of anilines is 1. The number of amides is 2. The highest BCUT2D eigenvalue weighted by Gasteiger charge is 2.13. The molecule has 0 bridgehead atoms. The van der Waals surface area contributed by atoms with Gasteiger partial charge in [-0.05, 0) is 31.5 Å². The van der Waals surface area contributed by atoms with Gasteiger partial charge in [-0.25, -0.2) is 4.79 Å². The monoisotopic (exact) mass is 320 g/mol. The number of rotatable bonds is 7. The average Bonchev–Trinajstić information content (AvgIpc) is 2.42. The molecule has 2 amide bonds. The van der Waals surface area contributed by atoms with Crippen molar-refractivity contribution in [3.05, 3.63) is 23.2 Å². The first-order valence-corrected chi connectivity index (χ1v) is 7.16. The Morgan fingerprint density at radius 1 is 1.43 bits per heavy atom. The van der Waals surface area contributed by atoms with E-state index in [2.05, 4.69) is 10.1 Å². The van der Waals surface area contributed by atoms with Crippen molar-refractivity contribution >= 4 is 23.3 Å². The number of nitrogens with one attached hydrogen (secondary N) is 1. The van der Waals surface area contributed by atoms with Crippen LogP contribution in [0.1, 0.15) is 26.7 Å². The molecule has 0 unspecified atom stereocenters. The lowest BCUT2D eigenvalue weighted by Gasteiger charge is -2.21. The third-order valence-corrected chi connectivity index (χ3v) is 3.15. The first-order chi connectivity index (χ1) is 9.97. The van der Waals surface area contributed by atoms with Crippen LogP contribution in [0, 0.1) is 0 Å². The molecule has 0 spiro atoms. The van der Waals surface area contributed by atoms with E-state index in [1.165, 1.54) is 18.2 Å². The average molecular weight is 321 g/mol. The van der Waals surface area contributed by atoms with E-state index in [4.69, 9.17) is 11.6 Å². The molecule has 1 aromatic rings. The molecule has 0 atom stereocenters. The van der Waals surface area contributed by atoms with Crippen LogP contribution in [0.4, 0.5) is 19.3 Å². The van der Waals surface area contributed by atoms with Crippen LogP contribution in [0.25, 0.3) is 0 Å². The molecule has 1 aromatic carbocycles. The first-order valence-electron chi connectivity index (χ1n) is 6.78. The van der Waals surface area contributed by atoms with Gasteiger partial charge in [-0.2, -0.15) is 8.78 Å². The van der Waals surface area contributed by atoms with Crippen molar-refractivity contribution < 1.29 is 18.3 Å². The third-order valence-electron chi connectivity index (χ3n) is 2.85. The van der Waals surface area contributed by atoms with Crippen molar-refractivity contribution in [1.82, 2.24) is 4.90 Å². The lowest BCUT2D eigenvalue weighted by Crippen LogP contribution is -2.35. The van der Waals surface area contributed by atoms with Gasteiger partial charge < -0.3 is 15.0 Å². The number of ether oxygens (including phenoxy) is 1. The van der Waals surface area contributed by atoms with Crippen LogP contribution in [0.2, 0.25) is 5.02 Å². The maximum absolute atomic E-state index is 12.1. The zero-order chi connectivity index (χ0) is 15.8. The molecule has 0 aromatic heterocycles. The van der Waals surface area contributed by atoms with Crippen LogP contribution in [-0.4, -0.2) is 30.6 Å². The molecule has 1 N–H and O–H groups in total. The molecule has 0 aliphatic carbocycles. The highest BCUT2D eigenvalue weighted by molar-refractivity contribution is 6.32. The second kappa shape index (κ2) is 8.67. The predicted molar refractivity (Wildman–Crippen MR) is 79.3 cm³/mol. The normalized spacial score (nSPS) is 10.6. The van der Waals surface area contributed by atoms with E-state index in [1.54, 1.807) is 4.90 Å². The van der Waals surface area contributed by atoms with Crippen molar-refractivity contribution in [1.29, 1.82) is 0 Å². The van der Waals surface area contributed by atoms with E-state index in [0.717, 1.165) is 12.8 Å². The molecule has 118 valence electrons. The van der Waals surface area contributed by atoms with Gasteiger partial charge in [0.05, 0.1) is 5.02 Å². The van der Waals surface area contributed by atoms with Crippen molar-refractivity contribution in [3.8, 4) is 5.75 Å². The Morgan fingerprint density at radius 2 is 2.14 bits per heavy atom. The predicted octanol–water partition coefficient (Wildman–Crippen LogP) is 4.60. The lowest BCUT2D eigenvalue weighted by atomic mass is 10.3. The van der Waals surface area contributed by atoms with Gasteiger partial charge in [0, 0.05) is 18.8 Å². The molecule has 0 saturated heterocycles. The van der Waals surface area contributed by atoms with E-state index in [1.807, 2.05) is 13.8 Å². The lowest BCUT2D eigenvalue weighted by molar-refractivity contribution is -0.0497. The molecule has 4 nitrogen and oxygen atoms in total. The summed E-state index contributed by atoms with van der Waals surface area (Å²) in [5.74, 6) is -0.122. The summed E-state index contributed by atoms with van der Waals surface area (Å²) in [7, 11) is 0. The van der Waals surface area contributed by atoms with Gasteiger partial charge in [-0.15, -0.1) is 0 Å². The molecule has 7 heteroatoms. The number of carbonyl (C=O) groups excluding carboxylic acids is 1. The van der Waals surface area contributed by atoms with E-state index < -0.39 is 6.61 Å². The summed E-state index contributed by atoms with van der Waals surface area (Å²) in [4.78, 5) is 13.7. The number of benzene rings is 1. The van der Waals surface area contributed by atoms with Gasteiger partial charge in [0.2, 0.25) is 0 Å². The number of halogens is 3. The summed E-state index contributed by atoms with van der Waals surface area (Å²) >= 11 is 5.83. The minimum Gasteiger partial charge on any atom is -0.433 e. The van der Waals surface area contributed by atoms with Crippen LogP contribution in [0.3, 0.4) is 0 Å². The summed E-state index contributed by atoms with van der Waals surface area (Å²) in [6.07, 6.45) is 1.92. The van der Waals surface area contributed by atoms with Crippen LogP contribution in [0.5, 0.6) is 5.75 Å². The maximum Gasteiger partial charge on any atom is 0.387 e. The molecule has 0 radical (unpaired) electrons. The van der Waals surface area contributed by atoms with Gasteiger partial charge in [0.15, 0.2) is 0 Å². The molecule has 0 heterocycles. The summed E-state index contributed by atoms with van der Waals surface area (Å²) in [5, 5.41) is 2.70. The van der Waals surface area contributed by atoms with Crippen LogP contribution >= 0.6 is 11.6 Å². The topological polar surface area (TPSA) is 41.6 Å². The number of unbranched alkanes of at least 4 members (excludes halogenated alkanes) is 1. The van der Waals surface area contributed by atoms with Crippen molar-refractivity contribution in [2.45, 2.75) is 33.3 Å². The van der Waals surface area contributed by atoms with Crippen molar-refractivity contribution in [3.63, 3.8) is 0 Å². The van der Waals surface area contributed by atoms with E-state index >= 15 is 0 Å². The Kier molecular flexibility index (Phi) is 7.22. The summed E-state index contributed by atoms with van der Waals surface area (Å²) in [6.45, 7) is 2.26. The number of carbonyl (C=O) groups is 1. The summed E-state index contributed by atoms with van der Waals surface area (Å²) in [5.41, 5.74) is 0.432. The maximum atomic E-state index is 12.1. The van der Waals surface area contributed by atoms with Gasteiger partial charge in [0.1, 0.15) is 5.75 Å². The van der Waals surface area contributed by atoms with Crippen LogP contribution < -0.4 is 10.1 Å². The number of nitrogens with zero attached hydrogens (tertiary/aromatic N) is 1. The SMILES string of the molecule is CCCCN(CC)C(=O)Nc1ccc(OC(F)F)c(Cl)c1. The largest absolute Gasteiger partial charge is 0.433 e. The number of alkyl halides is 2. The molecular formula is C14H19ClF2N2O2. The fourth-order valence-electron chi connectivity index (χ4n) is 1.72. The van der Waals surface area contributed by atoms with Gasteiger partial charge in [-0.1, -0.05) is 24.9 Å². The van der Waals surface area contributed by atoms with Crippen molar-refractivity contribution in [2.75, 3.05) is 18.4 Å². The molecule has 21 heavy (non-hydrogen) atoms. The summed E-state index contributed by atoms with van der Waals surface area (Å²) < 4.78 is 28.5. The van der Waals surface area contributed by atoms with Gasteiger partial charge in [0.25, 0.3) is 0 Å². The smallest absolute Gasteiger partial charge is 0.387 e. The molecule has 1 rings (SSSR count). The Labute approximate surface area is 128 Å². The number of hydrogen-bond donors (Lipinski definition) is 1. The fourth-order valence-corrected chi connectivity index (χ4v) is 1.95. The highest BCUT2D eigenvalue weighted by Crippen LogP contribution is 2.29. The number of urea groups is 1. The molecular weight excluding hydrogens is 302 g/mol. The van der Waals surface area contributed by atoms with Gasteiger partial charge in [-0.3, -0.25) is 0 Å². The minimum atomic E-state index is -2.94. The van der Waals surface area contributed by atoms with Crippen LogP contribution in [0.15, 0.2) is 18.2 Å². The molecule has 0 saturated carbocycles. The molecule has 0 fully saturated rings. The molecule has 0 aliphatic heterocycles. The van der Waals surface area contributed by atoms with E-state index in [9.17, 15) is 13.6 Å². The van der Waals surface area contributed by atoms with E-state index in [0.29, 0.717) is 18.8 Å². The summed E-state index contributed by atoms with van der Waals surface area (Å²) in [6, 6.07) is 3.90. The van der Waals surface area contributed by atoms with Crippen LogP contribution in [-0.2, 0) is 0 Å². The minimum absolute atomic E-state index is 0.0182. The quantitative estimate of drug-likeness (QED) is 0.798.